The van der Waals surface area contributed by atoms with Crippen molar-refractivity contribution in [1.29, 1.82) is 0 Å². The number of carbonyl (C=O) groups excluding carboxylic acids is 2. The third-order valence-electron chi connectivity index (χ3n) is 6.12. The minimum atomic E-state index is -0.274. The van der Waals surface area contributed by atoms with E-state index in [1.807, 2.05) is 49.4 Å². The number of anilines is 3. The van der Waals surface area contributed by atoms with Gasteiger partial charge in [-0.3, -0.25) is 9.59 Å². The van der Waals surface area contributed by atoms with Crippen LogP contribution in [0.2, 0.25) is 0 Å². The molecule has 1 aliphatic carbocycles. The summed E-state index contributed by atoms with van der Waals surface area (Å²) in [5.41, 5.74) is 8.98. The number of hydrogen-bond acceptors (Lipinski definition) is 6. The predicted molar refractivity (Wildman–Crippen MR) is 140 cm³/mol. The second kappa shape index (κ2) is 12.0. The van der Waals surface area contributed by atoms with Gasteiger partial charge in [0.2, 0.25) is 11.9 Å². The first-order chi connectivity index (χ1) is 16.5. The summed E-state index contributed by atoms with van der Waals surface area (Å²) in [5, 5.41) is 9.50. The van der Waals surface area contributed by atoms with E-state index in [4.69, 9.17) is 5.73 Å². The summed E-state index contributed by atoms with van der Waals surface area (Å²) in [5.74, 6) is 0.550. The predicted octanol–water partition coefficient (Wildman–Crippen LogP) is 4.20. The van der Waals surface area contributed by atoms with Crippen molar-refractivity contribution in [3.63, 3.8) is 0 Å². The summed E-state index contributed by atoms with van der Waals surface area (Å²) in [6, 6.07) is 17.2. The Labute approximate surface area is 206 Å². The highest BCUT2D eigenvalue weighted by Gasteiger charge is 2.32. The summed E-state index contributed by atoms with van der Waals surface area (Å²) in [6.07, 6.45) is 5.17. The van der Waals surface area contributed by atoms with E-state index < -0.39 is 0 Å². The van der Waals surface area contributed by atoms with Crippen molar-refractivity contribution < 1.29 is 9.59 Å². The summed E-state index contributed by atoms with van der Waals surface area (Å²) in [7, 11) is 0. The van der Waals surface area contributed by atoms with Crippen LogP contribution >= 0.6 is 0 Å². The van der Waals surface area contributed by atoms with Crippen molar-refractivity contribution in [3.05, 3.63) is 77.5 Å². The highest BCUT2D eigenvalue weighted by molar-refractivity contribution is 5.94. The van der Waals surface area contributed by atoms with Crippen molar-refractivity contribution in [2.75, 3.05) is 17.2 Å². The lowest BCUT2D eigenvalue weighted by atomic mass is 10.0. The van der Waals surface area contributed by atoms with Crippen LogP contribution in [-0.4, -0.2) is 34.4 Å². The zero-order valence-corrected chi connectivity index (χ0v) is 19.3. The molecule has 1 aromatic heterocycles. The van der Waals surface area contributed by atoms with Crippen LogP contribution in [0.4, 0.5) is 17.5 Å². The van der Waals surface area contributed by atoms with Crippen molar-refractivity contribution in [2.45, 2.75) is 46.1 Å². The Hall–Kier alpha value is -3.94. The molecule has 0 saturated heterocycles. The molecular formula is C27H34N6O2. The second-order valence-corrected chi connectivity index (χ2v) is 8.61. The lowest BCUT2D eigenvalue weighted by molar-refractivity contribution is -0.121. The van der Waals surface area contributed by atoms with Gasteiger partial charge in [0, 0.05) is 35.6 Å². The molecule has 0 spiro atoms. The number of hydrogen-bond donors (Lipinski definition) is 4. The first-order valence-electron chi connectivity index (χ1n) is 11.6. The van der Waals surface area contributed by atoms with Crippen LogP contribution in [0.25, 0.3) is 0 Å². The Morgan fingerprint density at radius 1 is 1.06 bits per heavy atom. The van der Waals surface area contributed by atoms with Gasteiger partial charge in [-0.2, -0.15) is 4.98 Å². The Morgan fingerprint density at radius 3 is 2.51 bits per heavy atom. The number of primary amides is 1. The number of carbonyl (C=O) groups is 2. The van der Waals surface area contributed by atoms with Gasteiger partial charge in [0.05, 0.1) is 5.92 Å². The third-order valence-corrected chi connectivity index (χ3v) is 6.12. The molecule has 1 aliphatic rings. The summed E-state index contributed by atoms with van der Waals surface area (Å²) < 4.78 is 0. The molecule has 35 heavy (non-hydrogen) atoms. The van der Waals surface area contributed by atoms with E-state index in [-0.39, 0.29) is 31.2 Å². The standard InChI is InChI=1S/C26H30N6O2.CH4/c1-17-16-29-26(32-24(17)31-22-9-5-8-21(22)23(27)33)30-20-12-10-19(11-13-20)25(34)28-15-14-18-6-3-2-4-7-18;/h2-4,6-7,10-13,16,21-22H,5,8-9,14-15H2,1H3,(H2,27,33)(H,28,34)(H2,29,30,31,32);1H4/t21-,22+;/m0./s1. The van der Waals surface area contributed by atoms with Gasteiger partial charge in [-0.25, -0.2) is 4.98 Å². The topological polar surface area (TPSA) is 122 Å². The quantitative estimate of drug-likeness (QED) is 0.369. The highest BCUT2D eigenvalue weighted by Crippen LogP contribution is 2.29. The summed E-state index contributed by atoms with van der Waals surface area (Å²) in [6.45, 7) is 2.50. The Bertz CT molecular complexity index is 1130. The molecule has 0 bridgehead atoms. The number of nitrogens with two attached hydrogens (primary N) is 1. The fourth-order valence-electron chi connectivity index (χ4n) is 4.20. The minimum Gasteiger partial charge on any atom is -0.369 e. The van der Waals surface area contributed by atoms with Crippen LogP contribution in [-0.2, 0) is 11.2 Å². The molecule has 2 aromatic carbocycles. The number of benzene rings is 2. The maximum absolute atomic E-state index is 12.4. The first kappa shape index (κ1) is 25.7. The summed E-state index contributed by atoms with van der Waals surface area (Å²) >= 11 is 0. The number of aromatic nitrogens is 2. The zero-order chi connectivity index (χ0) is 23.9. The van der Waals surface area contributed by atoms with Gasteiger partial charge in [-0.15, -0.1) is 0 Å². The van der Waals surface area contributed by atoms with Crippen molar-refractivity contribution >= 4 is 29.3 Å². The molecule has 184 valence electrons. The minimum absolute atomic E-state index is 0. The molecule has 0 radical (unpaired) electrons. The molecule has 4 rings (SSSR count). The maximum atomic E-state index is 12.4. The molecule has 8 heteroatoms. The lowest BCUT2D eigenvalue weighted by Gasteiger charge is -2.20. The summed E-state index contributed by atoms with van der Waals surface area (Å²) in [4.78, 5) is 33.1. The van der Waals surface area contributed by atoms with Crippen LogP contribution in [0.15, 0.2) is 60.8 Å². The molecule has 1 heterocycles. The first-order valence-corrected chi connectivity index (χ1v) is 11.6. The Morgan fingerprint density at radius 2 is 1.80 bits per heavy atom. The number of nitrogens with zero attached hydrogens (tertiary/aromatic N) is 2. The van der Waals surface area contributed by atoms with E-state index >= 15 is 0 Å². The number of aryl methyl sites for hydroxylation is 1. The maximum Gasteiger partial charge on any atom is 0.251 e. The smallest absolute Gasteiger partial charge is 0.251 e. The molecule has 3 aromatic rings. The Kier molecular flexibility index (Phi) is 8.78. The van der Waals surface area contributed by atoms with Gasteiger partial charge in [-0.05, 0) is 56.0 Å². The molecule has 1 saturated carbocycles. The number of nitrogens with one attached hydrogen (secondary N) is 3. The van der Waals surface area contributed by atoms with E-state index in [1.54, 1.807) is 18.3 Å². The fraction of sp³-hybridized carbons (Fsp3) is 0.333. The van der Waals surface area contributed by atoms with Crippen LogP contribution in [0.1, 0.15) is 48.2 Å². The normalized spacial score (nSPS) is 16.7. The molecule has 2 amide bonds. The molecule has 8 nitrogen and oxygen atoms in total. The SMILES string of the molecule is C.Cc1cnc(Nc2ccc(C(=O)NCCc3ccccc3)cc2)nc1N[C@@H]1CCC[C@@H]1C(N)=O. The molecule has 0 aliphatic heterocycles. The monoisotopic (exact) mass is 474 g/mol. The number of amides is 2. The van der Waals surface area contributed by atoms with Crippen molar-refractivity contribution in [3.8, 4) is 0 Å². The third kappa shape index (κ3) is 6.79. The van der Waals surface area contributed by atoms with E-state index in [0.717, 1.165) is 36.9 Å². The Balaban J connectivity index is 0.00000342. The van der Waals surface area contributed by atoms with Gasteiger partial charge in [0.25, 0.3) is 5.91 Å². The van der Waals surface area contributed by atoms with E-state index in [0.29, 0.717) is 23.9 Å². The van der Waals surface area contributed by atoms with Crippen molar-refractivity contribution in [1.82, 2.24) is 15.3 Å². The van der Waals surface area contributed by atoms with Gasteiger partial charge in [-0.1, -0.05) is 44.2 Å². The number of rotatable bonds is 9. The molecule has 5 N–H and O–H groups in total. The van der Waals surface area contributed by atoms with E-state index in [2.05, 4.69) is 25.9 Å². The van der Waals surface area contributed by atoms with Crippen LogP contribution < -0.4 is 21.7 Å². The average Bonchev–Trinajstić information content (AvgIpc) is 3.31. The highest BCUT2D eigenvalue weighted by atomic mass is 16.2. The lowest BCUT2D eigenvalue weighted by Crippen LogP contribution is -2.34. The van der Waals surface area contributed by atoms with Gasteiger partial charge in [0.15, 0.2) is 0 Å². The average molecular weight is 475 g/mol. The molecule has 0 unspecified atom stereocenters. The van der Waals surface area contributed by atoms with Gasteiger partial charge in [0.1, 0.15) is 5.82 Å². The van der Waals surface area contributed by atoms with Crippen LogP contribution in [0, 0.1) is 12.8 Å². The van der Waals surface area contributed by atoms with Gasteiger partial charge < -0.3 is 21.7 Å². The zero-order valence-electron chi connectivity index (χ0n) is 19.3. The van der Waals surface area contributed by atoms with Crippen molar-refractivity contribution in [2.24, 2.45) is 11.7 Å². The molecule has 1 fully saturated rings. The second-order valence-electron chi connectivity index (χ2n) is 8.61. The van der Waals surface area contributed by atoms with Crippen LogP contribution in [0.3, 0.4) is 0 Å². The van der Waals surface area contributed by atoms with E-state index in [1.165, 1.54) is 5.56 Å². The van der Waals surface area contributed by atoms with Gasteiger partial charge >= 0.3 is 0 Å². The van der Waals surface area contributed by atoms with Crippen LogP contribution in [0.5, 0.6) is 0 Å². The molecule has 2 atom stereocenters. The van der Waals surface area contributed by atoms with E-state index in [9.17, 15) is 9.59 Å². The fourth-order valence-corrected chi connectivity index (χ4v) is 4.20. The molecular weight excluding hydrogens is 440 g/mol. The largest absolute Gasteiger partial charge is 0.369 e.